The number of amides is 1. The minimum Gasteiger partial charge on any atom is -0.301 e. The summed E-state index contributed by atoms with van der Waals surface area (Å²) in [7, 11) is 0. The maximum absolute atomic E-state index is 12.2. The maximum Gasteiger partial charge on any atom is 0.236 e. The third-order valence-electron chi connectivity index (χ3n) is 3.40. The molecule has 0 radical (unpaired) electrons. The SMILES string of the molecule is C=CCn1c(SCC(=O)Nc2nc(C)cs2)nnc1-c1ccc(Cl)cc1Cl. The highest BCUT2D eigenvalue weighted by Crippen LogP contribution is 2.31. The van der Waals surface area contributed by atoms with E-state index >= 15 is 0 Å². The van der Waals surface area contributed by atoms with Crippen LogP contribution >= 0.6 is 46.3 Å². The fourth-order valence-electron chi connectivity index (χ4n) is 2.26. The Morgan fingerprint density at radius 3 is 2.89 bits per heavy atom. The normalized spacial score (nSPS) is 10.8. The van der Waals surface area contributed by atoms with E-state index in [1.54, 1.807) is 24.3 Å². The van der Waals surface area contributed by atoms with E-state index in [0.717, 1.165) is 5.69 Å². The van der Waals surface area contributed by atoms with Crippen LogP contribution in [0.25, 0.3) is 11.4 Å². The van der Waals surface area contributed by atoms with E-state index in [1.165, 1.54) is 23.1 Å². The summed E-state index contributed by atoms with van der Waals surface area (Å²) >= 11 is 14.9. The maximum atomic E-state index is 12.2. The Balaban J connectivity index is 1.76. The second kappa shape index (κ2) is 8.88. The fourth-order valence-corrected chi connectivity index (χ4v) is 4.20. The molecule has 10 heteroatoms. The third kappa shape index (κ3) is 4.90. The zero-order valence-corrected chi connectivity index (χ0v) is 17.4. The molecule has 0 spiro atoms. The number of benzene rings is 1. The number of thiazole rings is 1. The van der Waals surface area contributed by atoms with Crippen LogP contribution in [0.1, 0.15) is 5.69 Å². The lowest BCUT2D eigenvalue weighted by Crippen LogP contribution is -2.14. The highest BCUT2D eigenvalue weighted by atomic mass is 35.5. The number of anilines is 1. The van der Waals surface area contributed by atoms with Gasteiger partial charge in [0.25, 0.3) is 0 Å². The first-order valence-corrected chi connectivity index (χ1v) is 10.4. The van der Waals surface area contributed by atoms with Crippen molar-refractivity contribution in [3.05, 3.63) is 52.0 Å². The van der Waals surface area contributed by atoms with Gasteiger partial charge in [0, 0.05) is 22.5 Å². The van der Waals surface area contributed by atoms with Gasteiger partial charge in [0.05, 0.1) is 16.5 Å². The number of halogens is 2. The van der Waals surface area contributed by atoms with Crippen LogP contribution in [0, 0.1) is 6.92 Å². The number of nitrogens with zero attached hydrogens (tertiary/aromatic N) is 4. The molecule has 1 amide bonds. The summed E-state index contributed by atoms with van der Waals surface area (Å²) in [5.41, 5.74) is 1.59. The van der Waals surface area contributed by atoms with Gasteiger partial charge in [-0.25, -0.2) is 4.98 Å². The second-order valence-corrected chi connectivity index (χ2v) is 8.10. The lowest BCUT2D eigenvalue weighted by atomic mass is 10.2. The average Bonchev–Trinajstić information content (AvgIpc) is 3.20. The average molecular weight is 440 g/mol. The summed E-state index contributed by atoms with van der Waals surface area (Å²) in [6.45, 7) is 6.14. The predicted molar refractivity (Wildman–Crippen MR) is 112 cm³/mol. The van der Waals surface area contributed by atoms with Gasteiger partial charge in [0.1, 0.15) is 0 Å². The van der Waals surface area contributed by atoms with E-state index in [2.05, 4.69) is 27.1 Å². The molecule has 0 saturated heterocycles. The van der Waals surface area contributed by atoms with Crippen LogP contribution in [-0.2, 0) is 11.3 Å². The molecule has 3 aromatic rings. The number of thioether (sulfide) groups is 1. The summed E-state index contributed by atoms with van der Waals surface area (Å²) in [5, 5.41) is 15.3. The number of hydrogen-bond acceptors (Lipinski definition) is 6. The van der Waals surface area contributed by atoms with Crippen molar-refractivity contribution < 1.29 is 4.79 Å². The second-order valence-electron chi connectivity index (χ2n) is 5.46. The Kier molecular flexibility index (Phi) is 6.54. The monoisotopic (exact) mass is 439 g/mol. The molecule has 2 aromatic heterocycles. The number of carbonyl (C=O) groups is 1. The van der Waals surface area contributed by atoms with E-state index in [0.29, 0.717) is 38.3 Å². The summed E-state index contributed by atoms with van der Waals surface area (Å²) < 4.78 is 1.85. The minimum absolute atomic E-state index is 0.159. The minimum atomic E-state index is -0.159. The molecule has 0 aliphatic rings. The standard InChI is InChI=1S/C17H15Cl2N5OS2/c1-3-6-24-15(12-5-4-11(18)7-13(12)19)22-23-17(24)27-9-14(25)21-16-20-10(2)8-26-16/h3-5,7-8H,1,6,9H2,2H3,(H,20,21,25). The van der Waals surface area contributed by atoms with E-state index in [9.17, 15) is 4.79 Å². The molecule has 3 rings (SSSR count). The van der Waals surface area contributed by atoms with Crippen LogP contribution in [0.4, 0.5) is 5.13 Å². The van der Waals surface area contributed by atoms with Crippen LogP contribution in [0.3, 0.4) is 0 Å². The molecule has 0 aliphatic heterocycles. The molecule has 2 heterocycles. The molecule has 1 N–H and O–H groups in total. The van der Waals surface area contributed by atoms with Crippen LogP contribution < -0.4 is 5.32 Å². The zero-order valence-electron chi connectivity index (χ0n) is 14.3. The molecular formula is C17H15Cl2N5OS2. The third-order valence-corrected chi connectivity index (χ3v) is 5.79. The number of carbonyl (C=O) groups excluding carboxylic acids is 1. The van der Waals surface area contributed by atoms with Crippen molar-refractivity contribution in [2.75, 3.05) is 11.1 Å². The Bertz CT molecular complexity index is 986. The van der Waals surface area contributed by atoms with Gasteiger partial charge in [-0.05, 0) is 25.1 Å². The quantitative estimate of drug-likeness (QED) is 0.417. The number of hydrogen-bond donors (Lipinski definition) is 1. The molecule has 27 heavy (non-hydrogen) atoms. The molecule has 0 fully saturated rings. The van der Waals surface area contributed by atoms with Crippen LogP contribution in [-0.4, -0.2) is 31.4 Å². The molecule has 0 unspecified atom stereocenters. The number of nitrogens with one attached hydrogen (secondary N) is 1. The Morgan fingerprint density at radius 1 is 1.41 bits per heavy atom. The highest BCUT2D eigenvalue weighted by molar-refractivity contribution is 7.99. The van der Waals surface area contributed by atoms with Crippen molar-refractivity contribution in [2.24, 2.45) is 0 Å². The van der Waals surface area contributed by atoms with Crippen molar-refractivity contribution >= 4 is 57.3 Å². The van der Waals surface area contributed by atoms with Gasteiger partial charge in [-0.1, -0.05) is 41.0 Å². The molecule has 0 bridgehead atoms. The van der Waals surface area contributed by atoms with Gasteiger partial charge < -0.3 is 5.32 Å². The molecular weight excluding hydrogens is 425 g/mol. The molecule has 6 nitrogen and oxygen atoms in total. The van der Waals surface area contributed by atoms with E-state index in [-0.39, 0.29) is 11.7 Å². The summed E-state index contributed by atoms with van der Waals surface area (Å²) in [6, 6.07) is 5.19. The van der Waals surface area contributed by atoms with E-state index in [1.807, 2.05) is 16.9 Å². The van der Waals surface area contributed by atoms with Crippen molar-refractivity contribution in [3.8, 4) is 11.4 Å². The Labute approximate surface area is 174 Å². The fraction of sp³-hybridized carbons (Fsp3) is 0.176. The Hall–Kier alpha value is -1.87. The first-order chi connectivity index (χ1) is 13.0. The van der Waals surface area contributed by atoms with Gasteiger partial charge in [-0.2, -0.15) is 0 Å². The van der Waals surface area contributed by atoms with Gasteiger partial charge in [0.15, 0.2) is 16.1 Å². The number of aryl methyl sites for hydroxylation is 1. The van der Waals surface area contributed by atoms with Crippen LogP contribution in [0.15, 0.2) is 41.4 Å². The lowest BCUT2D eigenvalue weighted by Gasteiger charge is -2.09. The zero-order chi connectivity index (χ0) is 19.4. The van der Waals surface area contributed by atoms with Crippen molar-refractivity contribution in [1.82, 2.24) is 19.7 Å². The topological polar surface area (TPSA) is 72.7 Å². The lowest BCUT2D eigenvalue weighted by molar-refractivity contribution is -0.113. The van der Waals surface area contributed by atoms with Gasteiger partial charge in [-0.15, -0.1) is 28.1 Å². The van der Waals surface area contributed by atoms with Crippen molar-refractivity contribution in [2.45, 2.75) is 18.6 Å². The number of aromatic nitrogens is 4. The van der Waals surface area contributed by atoms with E-state index < -0.39 is 0 Å². The summed E-state index contributed by atoms with van der Waals surface area (Å²) in [5.74, 6) is 0.617. The summed E-state index contributed by atoms with van der Waals surface area (Å²) in [4.78, 5) is 16.4. The largest absolute Gasteiger partial charge is 0.301 e. The first-order valence-electron chi connectivity index (χ1n) is 7.82. The first kappa shape index (κ1) is 19.9. The number of rotatable bonds is 7. The number of allylic oxidation sites excluding steroid dienone is 1. The van der Waals surface area contributed by atoms with Crippen molar-refractivity contribution in [1.29, 1.82) is 0 Å². The van der Waals surface area contributed by atoms with Crippen LogP contribution in [0.5, 0.6) is 0 Å². The smallest absolute Gasteiger partial charge is 0.236 e. The summed E-state index contributed by atoms with van der Waals surface area (Å²) in [6.07, 6.45) is 1.74. The Morgan fingerprint density at radius 2 is 2.22 bits per heavy atom. The van der Waals surface area contributed by atoms with Gasteiger partial charge in [-0.3, -0.25) is 9.36 Å². The molecule has 140 valence electrons. The van der Waals surface area contributed by atoms with Gasteiger partial charge >= 0.3 is 0 Å². The molecule has 0 atom stereocenters. The van der Waals surface area contributed by atoms with E-state index in [4.69, 9.17) is 23.2 Å². The molecule has 0 saturated carbocycles. The van der Waals surface area contributed by atoms with Crippen LogP contribution in [0.2, 0.25) is 10.0 Å². The van der Waals surface area contributed by atoms with Crippen molar-refractivity contribution in [3.63, 3.8) is 0 Å². The molecule has 1 aromatic carbocycles. The molecule has 0 aliphatic carbocycles. The highest BCUT2D eigenvalue weighted by Gasteiger charge is 2.17. The predicted octanol–water partition coefficient (Wildman–Crippen LogP) is 4.93. The van der Waals surface area contributed by atoms with Gasteiger partial charge in [0.2, 0.25) is 5.91 Å².